The number of amides is 1. The maximum atomic E-state index is 13.1. The first-order valence-electron chi connectivity index (χ1n) is 9.69. The molecule has 0 fully saturated rings. The van der Waals surface area contributed by atoms with E-state index < -0.39 is 0 Å². The van der Waals surface area contributed by atoms with E-state index in [0.717, 1.165) is 33.8 Å². The van der Waals surface area contributed by atoms with E-state index in [1.165, 1.54) is 11.8 Å². The van der Waals surface area contributed by atoms with Crippen LogP contribution in [0, 0.1) is 6.92 Å². The number of carbonyl (C=O) groups is 1. The quantitative estimate of drug-likeness (QED) is 0.447. The van der Waals surface area contributed by atoms with Gasteiger partial charge in [-0.3, -0.25) is 4.79 Å². The van der Waals surface area contributed by atoms with Gasteiger partial charge in [-0.25, -0.2) is 9.97 Å². The van der Waals surface area contributed by atoms with E-state index in [1.807, 2.05) is 74.2 Å². The monoisotopic (exact) mass is 405 g/mol. The predicted molar refractivity (Wildman–Crippen MR) is 116 cm³/mol. The number of ether oxygens (including phenoxy) is 1. The number of hydrogen-bond donors (Lipinski definition) is 0. The zero-order valence-electron chi connectivity index (χ0n) is 16.8. The Balaban J connectivity index is 1.56. The molecule has 0 spiro atoms. The number of anilines is 1. The highest BCUT2D eigenvalue weighted by molar-refractivity contribution is 8.00. The number of rotatable bonds is 5. The van der Waals surface area contributed by atoms with Gasteiger partial charge in [0.05, 0.1) is 10.9 Å². The van der Waals surface area contributed by atoms with Gasteiger partial charge in [-0.05, 0) is 50.6 Å². The minimum atomic E-state index is -0.302. The van der Waals surface area contributed by atoms with Crippen LogP contribution in [0.5, 0.6) is 5.75 Å². The van der Waals surface area contributed by atoms with Crippen molar-refractivity contribution < 1.29 is 9.53 Å². The van der Waals surface area contributed by atoms with Gasteiger partial charge in [0.25, 0.3) is 0 Å². The fourth-order valence-corrected chi connectivity index (χ4v) is 4.22. The van der Waals surface area contributed by atoms with Crippen molar-refractivity contribution in [2.24, 2.45) is 0 Å². The molecule has 1 amide bonds. The van der Waals surface area contributed by atoms with Crippen molar-refractivity contribution in [3.05, 3.63) is 65.9 Å². The van der Waals surface area contributed by atoms with Gasteiger partial charge in [0.2, 0.25) is 5.91 Å². The molecule has 1 unspecified atom stereocenters. The van der Waals surface area contributed by atoms with E-state index in [0.29, 0.717) is 18.3 Å². The first kappa shape index (κ1) is 19.5. The van der Waals surface area contributed by atoms with Crippen molar-refractivity contribution in [1.29, 1.82) is 0 Å². The summed E-state index contributed by atoms with van der Waals surface area (Å²) in [7, 11) is 0. The van der Waals surface area contributed by atoms with Crippen LogP contribution in [0.4, 0.5) is 5.69 Å². The summed E-state index contributed by atoms with van der Waals surface area (Å²) in [6.45, 7) is 7.00. The Morgan fingerprint density at radius 3 is 2.86 bits per heavy atom. The molecule has 1 aromatic heterocycles. The van der Waals surface area contributed by atoms with E-state index >= 15 is 0 Å². The van der Waals surface area contributed by atoms with Crippen molar-refractivity contribution in [3.63, 3.8) is 0 Å². The number of fused-ring (bicyclic) bond motifs is 3. The molecule has 148 valence electrons. The molecule has 0 saturated carbocycles. The minimum absolute atomic E-state index is 0.0492. The molecule has 0 aliphatic carbocycles. The average molecular weight is 406 g/mol. The molecule has 29 heavy (non-hydrogen) atoms. The van der Waals surface area contributed by atoms with Gasteiger partial charge in [0, 0.05) is 29.6 Å². The smallest absolute Gasteiger partial charge is 0.240 e. The van der Waals surface area contributed by atoms with E-state index in [9.17, 15) is 4.79 Å². The molecule has 2 aromatic carbocycles. The maximum absolute atomic E-state index is 13.1. The number of benzene rings is 2. The molecule has 5 nitrogen and oxygen atoms in total. The molecule has 3 aromatic rings. The Morgan fingerprint density at radius 2 is 2.07 bits per heavy atom. The number of thioether (sulfide) groups is 1. The lowest BCUT2D eigenvalue weighted by atomic mass is 10.0. The summed E-state index contributed by atoms with van der Waals surface area (Å²) in [5.74, 6) is 0.878. The molecule has 4 rings (SSSR count). The average Bonchev–Trinajstić information content (AvgIpc) is 2.74. The summed E-state index contributed by atoms with van der Waals surface area (Å²) < 4.78 is 5.77. The zero-order chi connectivity index (χ0) is 20.4. The first-order chi connectivity index (χ1) is 14.1. The van der Waals surface area contributed by atoms with Crippen LogP contribution < -0.4 is 9.64 Å². The Kier molecular flexibility index (Phi) is 5.53. The lowest BCUT2D eigenvalue weighted by molar-refractivity contribution is -0.117. The lowest BCUT2D eigenvalue weighted by Crippen LogP contribution is -2.36. The Bertz CT molecular complexity index is 1050. The van der Waals surface area contributed by atoms with Crippen molar-refractivity contribution in [1.82, 2.24) is 9.97 Å². The fourth-order valence-electron chi connectivity index (χ4n) is 3.42. The number of hydrogen-bond acceptors (Lipinski definition) is 5. The summed E-state index contributed by atoms with van der Waals surface area (Å²) in [6, 6.07) is 15.9. The van der Waals surface area contributed by atoms with Gasteiger partial charge >= 0.3 is 0 Å². The Hall–Kier alpha value is -2.86. The van der Waals surface area contributed by atoms with Crippen LogP contribution in [0.15, 0.2) is 59.9 Å². The van der Waals surface area contributed by atoms with Crippen LogP contribution >= 0.6 is 11.8 Å². The predicted octanol–water partition coefficient (Wildman–Crippen LogP) is 4.88. The molecule has 0 N–H and O–H groups in total. The van der Waals surface area contributed by atoms with Gasteiger partial charge < -0.3 is 9.64 Å². The van der Waals surface area contributed by atoms with Gasteiger partial charge in [0.1, 0.15) is 12.4 Å². The Labute approximate surface area is 175 Å². The third kappa shape index (κ3) is 3.98. The molecule has 2 heterocycles. The normalized spacial score (nSPS) is 13.1. The van der Waals surface area contributed by atoms with Crippen molar-refractivity contribution in [2.45, 2.75) is 37.8 Å². The number of carbonyl (C=O) groups excluding carboxylic acids is 1. The SMILES string of the molecule is CCN(C(=O)C(C)Sc1ncc2c(n1)-c1ccccc1OC2)c1cccc(C)c1. The van der Waals surface area contributed by atoms with Gasteiger partial charge in [-0.2, -0.15) is 0 Å². The standard InChI is InChI=1S/C23H23N3O2S/c1-4-26(18-9-7-8-15(2)12-18)22(27)16(3)29-23-24-13-17-14-28-20-11-6-5-10-19(20)21(17)25-23/h5-13,16H,4,14H2,1-3H3. The summed E-state index contributed by atoms with van der Waals surface area (Å²) in [6.07, 6.45) is 1.80. The molecule has 6 heteroatoms. The summed E-state index contributed by atoms with van der Waals surface area (Å²) in [5.41, 5.74) is 4.86. The minimum Gasteiger partial charge on any atom is -0.488 e. The second-order valence-electron chi connectivity index (χ2n) is 6.99. The molecule has 1 aliphatic rings. The van der Waals surface area contributed by atoms with Crippen LogP contribution in [0.2, 0.25) is 0 Å². The van der Waals surface area contributed by atoms with Crippen LogP contribution in [0.1, 0.15) is 25.0 Å². The first-order valence-corrected chi connectivity index (χ1v) is 10.6. The number of aromatic nitrogens is 2. The number of aryl methyl sites for hydroxylation is 1. The fraction of sp³-hybridized carbons (Fsp3) is 0.261. The summed E-state index contributed by atoms with van der Waals surface area (Å²) in [5, 5.41) is 0.296. The highest BCUT2D eigenvalue weighted by atomic mass is 32.2. The summed E-state index contributed by atoms with van der Waals surface area (Å²) >= 11 is 1.39. The molecule has 1 aliphatic heterocycles. The zero-order valence-corrected chi connectivity index (χ0v) is 17.6. The second kappa shape index (κ2) is 8.25. The topological polar surface area (TPSA) is 55.3 Å². The molecular weight excluding hydrogens is 382 g/mol. The number of para-hydroxylation sites is 1. The van der Waals surface area contributed by atoms with Gasteiger partial charge in [0.15, 0.2) is 5.16 Å². The van der Waals surface area contributed by atoms with Crippen molar-refractivity contribution >= 4 is 23.4 Å². The Morgan fingerprint density at radius 1 is 1.24 bits per heavy atom. The van der Waals surface area contributed by atoms with Crippen LogP contribution in [0.3, 0.4) is 0 Å². The van der Waals surface area contributed by atoms with Gasteiger partial charge in [-0.1, -0.05) is 36.0 Å². The maximum Gasteiger partial charge on any atom is 0.240 e. The highest BCUT2D eigenvalue weighted by Gasteiger charge is 2.25. The van der Waals surface area contributed by atoms with Crippen LogP contribution in [0.25, 0.3) is 11.3 Å². The molecule has 0 radical (unpaired) electrons. The lowest BCUT2D eigenvalue weighted by Gasteiger charge is -2.25. The molecule has 0 saturated heterocycles. The largest absolute Gasteiger partial charge is 0.488 e. The highest BCUT2D eigenvalue weighted by Crippen LogP contribution is 2.36. The van der Waals surface area contributed by atoms with E-state index in [1.54, 1.807) is 6.20 Å². The van der Waals surface area contributed by atoms with Crippen molar-refractivity contribution in [3.8, 4) is 17.0 Å². The van der Waals surface area contributed by atoms with Gasteiger partial charge in [-0.15, -0.1) is 0 Å². The van der Waals surface area contributed by atoms with E-state index in [2.05, 4.69) is 4.98 Å². The third-order valence-electron chi connectivity index (χ3n) is 4.89. The summed E-state index contributed by atoms with van der Waals surface area (Å²) in [4.78, 5) is 24.1. The van der Waals surface area contributed by atoms with Crippen molar-refractivity contribution in [2.75, 3.05) is 11.4 Å². The second-order valence-corrected chi connectivity index (χ2v) is 8.30. The van der Waals surface area contributed by atoms with Crippen LogP contribution in [-0.4, -0.2) is 27.7 Å². The number of nitrogens with zero attached hydrogens (tertiary/aromatic N) is 3. The van der Waals surface area contributed by atoms with E-state index in [4.69, 9.17) is 9.72 Å². The molecular formula is C23H23N3O2S. The van der Waals surface area contributed by atoms with E-state index in [-0.39, 0.29) is 11.2 Å². The molecule has 0 bridgehead atoms. The third-order valence-corrected chi connectivity index (χ3v) is 5.86. The van der Waals surface area contributed by atoms with Crippen LogP contribution in [-0.2, 0) is 11.4 Å². The molecule has 1 atom stereocenters.